The number of fused-ring (bicyclic) bond motifs is 4. The van der Waals surface area contributed by atoms with Crippen molar-refractivity contribution in [3.63, 3.8) is 0 Å². The molecule has 0 aromatic carbocycles. The fourth-order valence-corrected chi connectivity index (χ4v) is 4.15. The third kappa shape index (κ3) is 3.58. The van der Waals surface area contributed by atoms with Crippen molar-refractivity contribution in [1.29, 1.82) is 0 Å². The molecule has 2 bridgehead atoms. The minimum Gasteiger partial charge on any atom is -0.348 e. The summed E-state index contributed by atoms with van der Waals surface area (Å²) in [6, 6.07) is 4.19. The standard InChI is InChI=1S/C19H25N5O/c1-14-18(22-13-21-14)12-23-9-16-2-3-17(11-23)24(10-16)19(25)8-15-4-6-20-7-5-15/h4-7,13,16-17H,2-3,8-12H2,1H3,(H,21,22)/t16-,17+/m0/s1. The van der Waals surface area contributed by atoms with E-state index in [1.165, 1.54) is 6.42 Å². The number of piperidine rings is 1. The second-order valence-electron chi connectivity index (χ2n) is 7.34. The minimum atomic E-state index is 0.249. The second-order valence-corrected chi connectivity index (χ2v) is 7.34. The molecule has 0 aliphatic carbocycles. The van der Waals surface area contributed by atoms with Gasteiger partial charge in [-0.15, -0.1) is 0 Å². The highest BCUT2D eigenvalue weighted by Crippen LogP contribution is 2.29. The van der Waals surface area contributed by atoms with Gasteiger partial charge in [0, 0.05) is 50.3 Å². The molecule has 6 nitrogen and oxygen atoms in total. The molecule has 5 rings (SSSR count). The number of carbonyl (C=O) groups is 1. The molecule has 2 aromatic heterocycles. The van der Waals surface area contributed by atoms with Crippen LogP contribution in [0.25, 0.3) is 0 Å². The maximum Gasteiger partial charge on any atom is 0.227 e. The molecule has 132 valence electrons. The van der Waals surface area contributed by atoms with Gasteiger partial charge in [-0.2, -0.15) is 0 Å². The zero-order chi connectivity index (χ0) is 17.2. The molecule has 1 N–H and O–H groups in total. The molecule has 3 aliphatic rings. The van der Waals surface area contributed by atoms with Crippen LogP contribution in [0.5, 0.6) is 0 Å². The first-order valence-electron chi connectivity index (χ1n) is 9.08. The zero-order valence-corrected chi connectivity index (χ0v) is 14.7. The van der Waals surface area contributed by atoms with Crippen LogP contribution >= 0.6 is 0 Å². The Hall–Kier alpha value is -2.21. The third-order valence-corrected chi connectivity index (χ3v) is 5.52. The van der Waals surface area contributed by atoms with Crippen LogP contribution in [0.2, 0.25) is 0 Å². The lowest BCUT2D eigenvalue weighted by Crippen LogP contribution is -2.48. The van der Waals surface area contributed by atoms with Gasteiger partial charge in [-0.1, -0.05) is 0 Å². The van der Waals surface area contributed by atoms with Crippen molar-refractivity contribution in [2.45, 2.75) is 38.8 Å². The highest BCUT2D eigenvalue weighted by Gasteiger charge is 2.37. The Morgan fingerprint density at radius 1 is 1.24 bits per heavy atom. The van der Waals surface area contributed by atoms with Gasteiger partial charge in [0.05, 0.1) is 18.4 Å². The molecule has 6 heteroatoms. The lowest BCUT2D eigenvalue weighted by molar-refractivity contribution is -0.134. The topological polar surface area (TPSA) is 65.1 Å². The molecule has 3 aliphatic heterocycles. The fourth-order valence-electron chi connectivity index (χ4n) is 4.15. The Bertz CT molecular complexity index is 728. The number of carbonyl (C=O) groups excluding carboxylic acids is 1. The summed E-state index contributed by atoms with van der Waals surface area (Å²) in [5.74, 6) is 0.818. The predicted octanol–water partition coefficient (Wildman–Crippen LogP) is 1.78. The van der Waals surface area contributed by atoms with Crippen molar-refractivity contribution < 1.29 is 4.79 Å². The van der Waals surface area contributed by atoms with Crippen molar-refractivity contribution >= 4 is 5.91 Å². The van der Waals surface area contributed by atoms with Crippen molar-refractivity contribution in [3.8, 4) is 0 Å². The lowest BCUT2D eigenvalue weighted by atomic mass is 9.94. The summed E-state index contributed by atoms with van der Waals surface area (Å²) >= 11 is 0. The quantitative estimate of drug-likeness (QED) is 0.922. The van der Waals surface area contributed by atoms with E-state index in [4.69, 9.17) is 0 Å². The average Bonchev–Trinajstić information content (AvgIpc) is 2.83. The number of imidazole rings is 1. The highest BCUT2D eigenvalue weighted by atomic mass is 16.2. The van der Waals surface area contributed by atoms with E-state index >= 15 is 0 Å². The molecule has 5 heterocycles. The maximum absolute atomic E-state index is 12.9. The van der Waals surface area contributed by atoms with E-state index in [9.17, 15) is 4.79 Å². The molecule has 2 atom stereocenters. The van der Waals surface area contributed by atoms with Gasteiger partial charge < -0.3 is 9.88 Å². The molecule has 0 spiro atoms. The molecule has 0 saturated carbocycles. The van der Waals surface area contributed by atoms with Crippen molar-refractivity contribution in [1.82, 2.24) is 24.8 Å². The number of aromatic nitrogens is 3. The van der Waals surface area contributed by atoms with Crippen LogP contribution in [0.1, 0.15) is 29.8 Å². The number of hydrogen-bond acceptors (Lipinski definition) is 4. The largest absolute Gasteiger partial charge is 0.348 e. The van der Waals surface area contributed by atoms with Crippen LogP contribution in [0.3, 0.4) is 0 Å². The lowest BCUT2D eigenvalue weighted by Gasteiger charge is -2.36. The molecule has 3 fully saturated rings. The van der Waals surface area contributed by atoms with Crippen molar-refractivity contribution in [2.75, 3.05) is 19.6 Å². The molecule has 0 unspecified atom stereocenters. The summed E-state index contributed by atoms with van der Waals surface area (Å²) in [7, 11) is 0. The number of nitrogens with one attached hydrogen (secondary N) is 1. The molecule has 2 aromatic rings. The molecular weight excluding hydrogens is 314 g/mol. The van der Waals surface area contributed by atoms with Gasteiger partial charge in [-0.25, -0.2) is 4.98 Å². The second kappa shape index (κ2) is 6.96. The van der Waals surface area contributed by atoms with Gasteiger partial charge in [0.15, 0.2) is 0 Å². The van der Waals surface area contributed by atoms with Crippen LogP contribution in [0, 0.1) is 12.8 Å². The van der Waals surface area contributed by atoms with Gasteiger partial charge in [-0.05, 0) is 43.4 Å². The van der Waals surface area contributed by atoms with Crippen molar-refractivity contribution in [2.24, 2.45) is 5.92 Å². The number of pyridine rings is 1. The van der Waals surface area contributed by atoms with Gasteiger partial charge in [0.2, 0.25) is 5.91 Å². The molecular formula is C19H25N5O. The number of H-pyrrole nitrogens is 1. The van der Waals surface area contributed by atoms with Gasteiger partial charge in [0.25, 0.3) is 0 Å². The zero-order valence-electron chi connectivity index (χ0n) is 14.7. The molecule has 1 amide bonds. The monoisotopic (exact) mass is 339 g/mol. The summed E-state index contributed by atoms with van der Waals surface area (Å²) in [4.78, 5) is 29.1. The van der Waals surface area contributed by atoms with Crippen LogP contribution in [-0.2, 0) is 17.8 Å². The Morgan fingerprint density at radius 3 is 2.84 bits per heavy atom. The van der Waals surface area contributed by atoms with Gasteiger partial charge >= 0.3 is 0 Å². The summed E-state index contributed by atoms with van der Waals surface area (Å²) in [6.07, 6.45) is 8.09. The number of aromatic amines is 1. The normalized spacial score (nSPS) is 23.6. The molecule has 25 heavy (non-hydrogen) atoms. The maximum atomic E-state index is 12.9. The average molecular weight is 339 g/mol. The Kier molecular flexibility index (Phi) is 4.53. The smallest absolute Gasteiger partial charge is 0.227 e. The first kappa shape index (κ1) is 16.3. The van der Waals surface area contributed by atoms with Gasteiger partial charge in [0.1, 0.15) is 0 Å². The summed E-state index contributed by atoms with van der Waals surface area (Å²) in [5.41, 5.74) is 3.31. The van der Waals surface area contributed by atoms with E-state index in [2.05, 4.69) is 31.7 Å². The first-order chi connectivity index (χ1) is 12.2. The number of rotatable bonds is 4. The molecule has 3 saturated heterocycles. The van der Waals surface area contributed by atoms with E-state index < -0.39 is 0 Å². The van der Waals surface area contributed by atoms with Crippen LogP contribution in [0.4, 0.5) is 0 Å². The SMILES string of the molecule is Cc1[nH]cnc1CN1C[C@@H]2CC[C@H](C1)N(C(=O)Cc1ccncc1)C2. The number of aryl methyl sites for hydroxylation is 1. The Morgan fingerprint density at radius 2 is 2.08 bits per heavy atom. The van der Waals surface area contributed by atoms with Crippen LogP contribution < -0.4 is 0 Å². The van der Waals surface area contributed by atoms with E-state index in [-0.39, 0.29) is 5.91 Å². The summed E-state index contributed by atoms with van der Waals surface area (Å²) in [5, 5.41) is 0. The Labute approximate surface area is 148 Å². The van der Waals surface area contributed by atoms with E-state index in [0.29, 0.717) is 18.4 Å². The van der Waals surface area contributed by atoms with Crippen LogP contribution in [-0.4, -0.2) is 56.3 Å². The first-order valence-corrected chi connectivity index (χ1v) is 9.08. The van der Waals surface area contributed by atoms with E-state index in [1.54, 1.807) is 18.7 Å². The van der Waals surface area contributed by atoms with Crippen molar-refractivity contribution in [3.05, 3.63) is 47.8 Å². The number of amides is 1. The van der Waals surface area contributed by atoms with Crippen LogP contribution in [0.15, 0.2) is 30.9 Å². The summed E-state index contributed by atoms with van der Waals surface area (Å²) in [6.45, 7) is 5.84. The minimum absolute atomic E-state index is 0.249. The highest BCUT2D eigenvalue weighted by molar-refractivity contribution is 5.79. The number of nitrogens with zero attached hydrogens (tertiary/aromatic N) is 4. The summed E-state index contributed by atoms with van der Waals surface area (Å²) < 4.78 is 0. The Balaban J connectivity index is 1.44. The van der Waals surface area contributed by atoms with E-state index in [0.717, 1.165) is 49.6 Å². The fraction of sp³-hybridized carbons (Fsp3) is 0.526. The molecule has 0 radical (unpaired) electrons. The number of hydrogen-bond donors (Lipinski definition) is 1. The van der Waals surface area contributed by atoms with Gasteiger partial charge in [-0.3, -0.25) is 14.7 Å². The predicted molar refractivity (Wildman–Crippen MR) is 94.8 cm³/mol. The van der Waals surface area contributed by atoms with E-state index in [1.807, 2.05) is 12.1 Å². The third-order valence-electron chi connectivity index (χ3n) is 5.52.